The first-order chi connectivity index (χ1) is 6.70. The lowest BCUT2D eigenvalue weighted by Gasteiger charge is -2.00. The van der Waals surface area contributed by atoms with Crippen LogP contribution in [0.2, 0.25) is 0 Å². The van der Waals surface area contributed by atoms with Crippen LogP contribution in [0.15, 0.2) is 9.98 Å². The van der Waals surface area contributed by atoms with E-state index in [0.717, 1.165) is 24.3 Å². The Morgan fingerprint density at radius 3 is 1.44 bits per heavy atom. The molecule has 0 rings (SSSR count). The Morgan fingerprint density at radius 2 is 1.19 bits per heavy atom. The molecule has 0 aromatic heterocycles. The standard InChI is InChI=1S/C8H18N4S2.2BrH/c1-11-7(9)13-5-3-4-6-14-8(10)12-2;;/h3-6H2,1-2H3,(H2,9,11)(H2,10,12);2*1H. The molecule has 98 valence electrons. The molecule has 0 aromatic rings. The van der Waals surface area contributed by atoms with Crippen LogP contribution >= 0.6 is 57.5 Å². The van der Waals surface area contributed by atoms with E-state index in [-0.39, 0.29) is 34.0 Å². The first-order valence-electron chi connectivity index (χ1n) is 4.40. The van der Waals surface area contributed by atoms with E-state index < -0.39 is 0 Å². The highest BCUT2D eigenvalue weighted by atomic mass is 79.9. The quantitative estimate of drug-likeness (QED) is 0.425. The van der Waals surface area contributed by atoms with Crippen molar-refractivity contribution in [3.05, 3.63) is 0 Å². The number of halogens is 2. The molecule has 0 saturated heterocycles. The summed E-state index contributed by atoms with van der Waals surface area (Å²) < 4.78 is 0. The van der Waals surface area contributed by atoms with Gasteiger partial charge in [-0.2, -0.15) is 0 Å². The molecule has 0 bridgehead atoms. The van der Waals surface area contributed by atoms with Gasteiger partial charge in [-0.25, -0.2) is 0 Å². The summed E-state index contributed by atoms with van der Waals surface area (Å²) in [6.45, 7) is 0. The Bertz CT molecular complexity index is 190. The van der Waals surface area contributed by atoms with E-state index in [1.165, 1.54) is 0 Å². The van der Waals surface area contributed by atoms with Crippen LogP contribution < -0.4 is 11.5 Å². The van der Waals surface area contributed by atoms with Crippen molar-refractivity contribution >= 4 is 67.8 Å². The molecule has 0 amide bonds. The Morgan fingerprint density at radius 1 is 0.875 bits per heavy atom. The molecule has 0 aromatic carbocycles. The Kier molecular flexibility index (Phi) is 21.3. The normalized spacial score (nSPS) is 11.6. The Hall–Kier alpha value is 0.600. The fourth-order valence-corrected chi connectivity index (χ4v) is 2.06. The van der Waals surface area contributed by atoms with Gasteiger partial charge < -0.3 is 11.5 Å². The van der Waals surface area contributed by atoms with E-state index in [2.05, 4.69) is 9.98 Å². The number of hydrogen-bond acceptors (Lipinski definition) is 4. The predicted molar refractivity (Wildman–Crippen MR) is 89.9 cm³/mol. The van der Waals surface area contributed by atoms with Gasteiger partial charge in [0.25, 0.3) is 0 Å². The number of thioether (sulfide) groups is 2. The summed E-state index contributed by atoms with van der Waals surface area (Å²) >= 11 is 3.20. The van der Waals surface area contributed by atoms with Gasteiger partial charge in [0, 0.05) is 25.6 Å². The lowest BCUT2D eigenvalue weighted by atomic mass is 10.4. The van der Waals surface area contributed by atoms with Gasteiger partial charge in [0.1, 0.15) is 0 Å². The molecule has 4 nitrogen and oxygen atoms in total. The molecule has 0 saturated carbocycles. The second-order valence-electron chi connectivity index (χ2n) is 2.53. The Balaban J connectivity index is -0.000000845. The zero-order chi connectivity index (χ0) is 10.8. The number of amidine groups is 2. The largest absolute Gasteiger partial charge is 0.379 e. The van der Waals surface area contributed by atoms with E-state index in [9.17, 15) is 0 Å². The van der Waals surface area contributed by atoms with Crippen molar-refractivity contribution in [2.24, 2.45) is 21.5 Å². The maximum Gasteiger partial charge on any atom is 0.153 e. The highest BCUT2D eigenvalue weighted by molar-refractivity contribution is 8.93. The van der Waals surface area contributed by atoms with Crippen LogP contribution in [-0.2, 0) is 0 Å². The fourth-order valence-electron chi connectivity index (χ4n) is 0.687. The first-order valence-corrected chi connectivity index (χ1v) is 6.38. The molecule has 0 heterocycles. The van der Waals surface area contributed by atoms with Gasteiger partial charge in [-0.15, -0.1) is 34.0 Å². The van der Waals surface area contributed by atoms with Crippen molar-refractivity contribution in [1.29, 1.82) is 0 Å². The molecule has 0 aliphatic heterocycles. The molecule has 0 atom stereocenters. The highest BCUT2D eigenvalue weighted by Gasteiger charge is 1.95. The topological polar surface area (TPSA) is 76.8 Å². The van der Waals surface area contributed by atoms with E-state index in [0.29, 0.717) is 10.3 Å². The van der Waals surface area contributed by atoms with Crippen molar-refractivity contribution in [3.63, 3.8) is 0 Å². The summed E-state index contributed by atoms with van der Waals surface area (Å²) in [4.78, 5) is 7.72. The number of rotatable bonds is 5. The van der Waals surface area contributed by atoms with E-state index in [4.69, 9.17) is 11.5 Å². The molecular formula is C8H20Br2N4S2. The second-order valence-corrected chi connectivity index (χ2v) is 4.76. The van der Waals surface area contributed by atoms with Gasteiger partial charge >= 0.3 is 0 Å². The smallest absolute Gasteiger partial charge is 0.153 e. The van der Waals surface area contributed by atoms with Crippen molar-refractivity contribution < 1.29 is 0 Å². The molecule has 0 spiro atoms. The van der Waals surface area contributed by atoms with Gasteiger partial charge in [-0.1, -0.05) is 23.5 Å². The molecule has 4 N–H and O–H groups in total. The zero-order valence-electron chi connectivity index (χ0n) is 9.51. The third kappa shape index (κ3) is 14.6. The van der Waals surface area contributed by atoms with Crippen molar-refractivity contribution in [3.8, 4) is 0 Å². The van der Waals surface area contributed by atoms with Crippen LogP contribution in [0.1, 0.15) is 12.8 Å². The summed E-state index contributed by atoms with van der Waals surface area (Å²) in [5.41, 5.74) is 11.1. The lowest BCUT2D eigenvalue weighted by molar-refractivity contribution is 0.910. The highest BCUT2D eigenvalue weighted by Crippen LogP contribution is 2.08. The Labute approximate surface area is 127 Å². The minimum absolute atomic E-state index is 0. The van der Waals surface area contributed by atoms with E-state index in [1.807, 2.05) is 0 Å². The number of unbranched alkanes of at least 4 members (excludes halogenated alkanes) is 1. The molecule has 0 aliphatic rings. The molecule has 8 heteroatoms. The molecule has 0 radical (unpaired) electrons. The molecule has 0 fully saturated rings. The van der Waals surface area contributed by atoms with Crippen LogP contribution in [-0.4, -0.2) is 35.9 Å². The average molecular weight is 396 g/mol. The summed E-state index contributed by atoms with van der Waals surface area (Å²) in [6.07, 6.45) is 2.26. The van der Waals surface area contributed by atoms with Crippen molar-refractivity contribution in [2.75, 3.05) is 25.6 Å². The summed E-state index contributed by atoms with van der Waals surface area (Å²) in [7, 11) is 3.41. The van der Waals surface area contributed by atoms with Crippen LogP contribution in [0.4, 0.5) is 0 Å². The number of nitrogens with two attached hydrogens (primary N) is 2. The average Bonchev–Trinajstić information content (AvgIpc) is 2.22. The monoisotopic (exact) mass is 394 g/mol. The minimum Gasteiger partial charge on any atom is -0.379 e. The van der Waals surface area contributed by atoms with Crippen LogP contribution in [0.3, 0.4) is 0 Å². The molecule has 16 heavy (non-hydrogen) atoms. The first kappa shape index (κ1) is 21.8. The fraction of sp³-hybridized carbons (Fsp3) is 0.750. The maximum atomic E-state index is 5.53. The molecule has 0 unspecified atom stereocenters. The number of nitrogens with zero attached hydrogens (tertiary/aromatic N) is 2. The van der Waals surface area contributed by atoms with Crippen LogP contribution in [0, 0.1) is 0 Å². The van der Waals surface area contributed by atoms with Crippen molar-refractivity contribution in [1.82, 2.24) is 0 Å². The second kappa shape index (κ2) is 15.6. The van der Waals surface area contributed by atoms with Crippen molar-refractivity contribution in [2.45, 2.75) is 12.8 Å². The van der Waals surface area contributed by atoms with Gasteiger partial charge in [-0.3, -0.25) is 9.98 Å². The van der Waals surface area contributed by atoms with Gasteiger partial charge in [0.05, 0.1) is 0 Å². The third-order valence-electron chi connectivity index (χ3n) is 1.48. The summed E-state index contributed by atoms with van der Waals surface area (Å²) in [5.74, 6) is 2.04. The summed E-state index contributed by atoms with van der Waals surface area (Å²) in [6, 6.07) is 0. The minimum atomic E-state index is 0. The zero-order valence-corrected chi connectivity index (χ0v) is 14.6. The van der Waals surface area contributed by atoms with Gasteiger partial charge in [-0.05, 0) is 12.8 Å². The predicted octanol–water partition coefficient (Wildman–Crippen LogP) is 2.28. The SMILES string of the molecule is Br.Br.CN=C(N)SCCCCSC(N)=NC. The molecular weight excluding hydrogens is 376 g/mol. The van der Waals surface area contributed by atoms with Crippen LogP contribution in [0.5, 0.6) is 0 Å². The van der Waals surface area contributed by atoms with Crippen LogP contribution in [0.25, 0.3) is 0 Å². The maximum absolute atomic E-state index is 5.53. The third-order valence-corrected chi connectivity index (χ3v) is 3.42. The number of aliphatic imine (C=N–C) groups is 2. The summed E-state index contributed by atoms with van der Waals surface area (Å²) in [5, 5.41) is 1.32. The van der Waals surface area contributed by atoms with Gasteiger partial charge in [0.2, 0.25) is 0 Å². The van der Waals surface area contributed by atoms with E-state index in [1.54, 1.807) is 37.6 Å². The number of hydrogen-bond donors (Lipinski definition) is 2. The molecule has 0 aliphatic carbocycles. The lowest BCUT2D eigenvalue weighted by Crippen LogP contribution is -2.08. The van der Waals surface area contributed by atoms with E-state index >= 15 is 0 Å². The van der Waals surface area contributed by atoms with Gasteiger partial charge in [0.15, 0.2) is 10.3 Å².